The maximum atomic E-state index is 6.08. The van der Waals surface area contributed by atoms with Crippen molar-refractivity contribution in [2.75, 3.05) is 6.54 Å². The highest BCUT2D eigenvalue weighted by atomic mass is 79.9. The molecule has 0 amide bonds. The van der Waals surface area contributed by atoms with E-state index in [9.17, 15) is 0 Å². The molecule has 0 spiro atoms. The zero-order chi connectivity index (χ0) is 15.6. The van der Waals surface area contributed by atoms with Crippen LogP contribution in [-0.2, 0) is 0 Å². The first kappa shape index (κ1) is 16.5. The van der Waals surface area contributed by atoms with Crippen LogP contribution in [0, 0.1) is 20.8 Å². The van der Waals surface area contributed by atoms with Crippen molar-refractivity contribution in [1.82, 2.24) is 5.32 Å². The average Bonchev–Trinajstić information content (AvgIpc) is 2.37. The lowest BCUT2D eigenvalue weighted by atomic mass is 9.90. The predicted octanol–water partition coefficient (Wildman–Crippen LogP) is 5.73. The number of hydrogen-bond donors (Lipinski definition) is 1. The van der Waals surface area contributed by atoms with E-state index in [1.54, 1.807) is 0 Å². The van der Waals surface area contributed by atoms with Gasteiger partial charge in [0.1, 0.15) is 0 Å². The van der Waals surface area contributed by atoms with E-state index < -0.39 is 0 Å². The zero-order valence-electron chi connectivity index (χ0n) is 12.9. The molecule has 0 aromatic heterocycles. The van der Waals surface area contributed by atoms with Crippen molar-refractivity contribution in [3.05, 3.63) is 67.6 Å². The van der Waals surface area contributed by atoms with E-state index in [1.165, 1.54) is 27.8 Å². The second-order valence-corrected chi connectivity index (χ2v) is 6.76. The SMILES string of the molecule is CCNC(c1ccc(Cl)cc1Br)c1c(C)cc(C)cc1C. The van der Waals surface area contributed by atoms with Crippen LogP contribution in [-0.4, -0.2) is 6.54 Å². The van der Waals surface area contributed by atoms with Crippen LogP contribution < -0.4 is 5.32 Å². The zero-order valence-corrected chi connectivity index (χ0v) is 15.3. The monoisotopic (exact) mass is 365 g/mol. The van der Waals surface area contributed by atoms with Gasteiger partial charge in [-0.05, 0) is 61.7 Å². The van der Waals surface area contributed by atoms with Gasteiger partial charge in [0.15, 0.2) is 0 Å². The summed E-state index contributed by atoms with van der Waals surface area (Å²) in [7, 11) is 0. The Morgan fingerprint density at radius 1 is 1.10 bits per heavy atom. The highest BCUT2D eigenvalue weighted by Gasteiger charge is 2.20. The van der Waals surface area contributed by atoms with Crippen LogP contribution in [0.4, 0.5) is 0 Å². The molecular formula is C18H21BrClN. The molecule has 2 rings (SSSR count). The molecule has 2 aromatic carbocycles. The first-order chi connectivity index (χ1) is 9.93. The van der Waals surface area contributed by atoms with Gasteiger partial charge in [0.25, 0.3) is 0 Å². The summed E-state index contributed by atoms with van der Waals surface area (Å²) >= 11 is 9.73. The molecule has 3 heteroatoms. The van der Waals surface area contributed by atoms with Crippen molar-refractivity contribution in [1.29, 1.82) is 0 Å². The Hall–Kier alpha value is -0.830. The van der Waals surface area contributed by atoms with Gasteiger partial charge in [0.05, 0.1) is 6.04 Å². The van der Waals surface area contributed by atoms with Crippen LogP contribution in [0.25, 0.3) is 0 Å². The Labute approximate surface area is 140 Å². The Bertz CT molecular complexity index is 629. The molecule has 112 valence electrons. The smallest absolute Gasteiger partial charge is 0.0593 e. The summed E-state index contributed by atoms with van der Waals surface area (Å²) in [6, 6.07) is 10.7. The lowest BCUT2D eigenvalue weighted by Crippen LogP contribution is -2.24. The first-order valence-electron chi connectivity index (χ1n) is 7.20. The maximum Gasteiger partial charge on any atom is 0.0593 e. The fourth-order valence-electron chi connectivity index (χ4n) is 2.95. The quantitative estimate of drug-likeness (QED) is 0.729. The molecule has 0 heterocycles. The second-order valence-electron chi connectivity index (χ2n) is 5.47. The van der Waals surface area contributed by atoms with E-state index in [2.05, 4.69) is 67.1 Å². The van der Waals surface area contributed by atoms with Crippen molar-refractivity contribution in [2.24, 2.45) is 0 Å². The van der Waals surface area contributed by atoms with E-state index in [4.69, 9.17) is 11.6 Å². The number of benzene rings is 2. The number of hydrogen-bond acceptors (Lipinski definition) is 1. The molecule has 1 atom stereocenters. The van der Waals surface area contributed by atoms with Crippen LogP contribution in [0.15, 0.2) is 34.8 Å². The molecule has 0 saturated carbocycles. The van der Waals surface area contributed by atoms with Crippen LogP contribution in [0.5, 0.6) is 0 Å². The third kappa shape index (κ3) is 3.68. The predicted molar refractivity (Wildman–Crippen MR) is 95.3 cm³/mol. The third-order valence-corrected chi connectivity index (χ3v) is 4.63. The van der Waals surface area contributed by atoms with E-state index >= 15 is 0 Å². The van der Waals surface area contributed by atoms with Gasteiger partial charge in [0.2, 0.25) is 0 Å². The summed E-state index contributed by atoms with van der Waals surface area (Å²) in [4.78, 5) is 0. The van der Waals surface area contributed by atoms with E-state index in [0.717, 1.165) is 16.0 Å². The van der Waals surface area contributed by atoms with Gasteiger partial charge in [-0.15, -0.1) is 0 Å². The Kier molecular flexibility index (Phi) is 5.48. The standard InChI is InChI=1S/C18H21BrClN/c1-5-21-18(15-7-6-14(20)10-16(15)19)17-12(3)8-11(2)9-13(17)4/h6-10,18,21H,5H2,1-4H3. The first-order valence-corrected chi connectivity index (χ1v) is 8.37. The van der Waals surface area contributed by atoms with E-state index in [0.29, 0.717) is 0 Å². The molecule has 2 aromatic rings. The normalized spacial score (nSPS) is 12.5. The summed E-state index contributed by atoms with van der Waals surface area (Å²) in [5.74, 6) is 0. The Morgan fingerprint density at radius 2 is 1.71 bits per heavy atom. The van der Waals surface area contributed by atoms with Gasteiger partial charge in [0, 0.05) is 9.50 Å². The molecule has 0 saturated heterocycles. The van der Waals surface area contributed by atoms with Crippen LogP contribution in [0.2, 0.25) is 5.02 Å². The molecule has 0 fully saturated rings. The van der Waals surface area contributed by atoms with Gasteiger partial charge >= 0.3 is 0 Å². The van der Waals surface area contributed by atoms with Crippen molar-refractivity contribution in [3.63, 3.8) is 0 Å². The topological polar surface area (TPSA) is 12.0 Å². The van der Waals surface area contributed by atoms with E-state index in [-0.39, 0.29) is 6.04 Å². The molecule has 0 aliphatic rings. The minimum Gasteiger partial charge on any atom is -0.306 e. The molecule has 0 aliphatic carbocycles. The number of nitrogens with one attached hydrogen (secondary N) is 1. The average molecular weight is 367 g/mol. The Morgan fingerprint density at radius 3 is 2.24 bits per heavy atom. The molecule has 1 unspecified atom stereocenters. The molecule has 0 aliphatic heterocycles. The molecule has 0 radical (unpaired) electrons. The summed E-state index contributed by atoms with van der Waals surface area (Å²) < 4.78 is 1.04. The van der Waals surface area contributed by atoms with Crippen molar-refractivity contribution in [2.45, 2.75) is 33.7 Å². The summed E-state index contributed by atoms with van der Waals surface area (Å²) in [6.45, 7) is 9.55. The van der Waals surface area contributed by atoms with Crippen molar-refractivity contribution in [3.8, 4) is 0 Å². The highest BCUT2D eigenvalue weighted by molar-refractivity contribution is 9.10. The number of rotatable bonds is 4. The minimum absolute atomic E-state index is 0.169. The van der Waals surface area contributed by atoms with Crippen LogP contribution in [0.3, 0.4) is 0 Å². The largest absolute Gasteiger partial charge is 0.306 e. The fourth-order valence-corrected chi connectivity index (χ4v) is 3.87. The number of aryl methyl sites for hydroxylation is 3. The molecule has 1 N–H and O–H groups in total. The van der Waals surface area contributed by atoms with Crippen molar-refractivity contribution >= 4 is 27.5 Å². The van der Waals surface area contributed by atoms with Gasteiger partial charge in [-0.25, -0.2) is 0 Å². The molecule has 0 bridgehead atoms. The fraction of sp³-hybridized carbons (Fsp3) is 0.333. The molecule has 21 heavy (non-hydrogen) atoms. The highest BCUT2D eigenvalue weighted by Crippen LogP contribution is 2.34. The van der Waals surface area contributed by atoms with Gasteiger partial charge in [-0.3, -0.25) is 0 Å². The van der Waals surface area contributed by atoms with Gasteiger partial charge in [-0.2, -0.15) is 0 Å². The van der Waals surface area contributed by atoms with Crippen LogP contribution in [0.1, 0.15) is 40.8 Å². The van der Waals surface area contributed by atoms with Gasteiger partial charge in [-0.1, -0.05) is 58.2 Å². The lowest BCUT2D eigenvalue weighted by Gasteiger charge is -2.24. The number of halogens is 2. The minimum atomic E-state index is 0.169. The molecule has 1 nitrogen and oxygen atoms in total. The third-order valence-electron chi connectivity index (χ3n) is 3.71. The maximum absolute atomic E-state index is 6.08. The lowest BCUT2D eigenvalue weighted by molar-refractivity contribution is 0.622. The molecular weight excluding hydrogens is 346 g/mol. The summed E-state index contributed by atoms with van der Waals surface area (Å²) in [6.07, 6.45) is 0. The summed E-state index contributed by atoms with van der Waals surface area (Å²) in [5.41, 5.74) is 6.52. The van der Waals surface area contributed by atoms with Crippen LogP contribution >= 0.6 is 27.5 Å². The van der Waals surface area contributed by atoms with Crippen molar-refractivity contribution < 1.29 is 0 Å². The summed E-state index contributed by atoms with van der Waals surface area (Å²) in [5, 5.41) is 4.35. The van der Waals surface area contributed by atoms with Gasteiger partial charge < -0.3 is 5.32 Å². The Balaban J connectivity index is 2.59. The van der Waals surface area contributed by atoms with E-state index in [1.807, 2.05) is 12.1 Å². The second kappa shape index (κ2) is 6.95.